The average Bonchev–Trinajstić information content (AvgIpc) is 3.03. The van der Waals surface area contributed by atoms with Crippen LogP contribution in [-0.4, -0.2) is 25.3 Å². The van der Waals surface area contributed by atoms with Crippen LogP contribution in [0.15, 0.2) is 65.8 Å². The van der Waals surface area contributed by atoms with E-state index in [1.54, 1.807) is 31.4 Å². The molecule has 2 aromatic rings. The zero-order valence-electron chi connectivity index (χ0n) is 16.5. The first-order valence-corrected chi connectivity index (χ1v) is 9.77. The Morgan fingerprint density at radius 3 is 2.66 bits per heavy atom. The minimum absolute atomic E-state index is 0.165. The van der Waals surface area contributed by atoms with E-state index in [-0.39, 0.29) is 5.91 Å². The maximum absolute atomic E-state index is 13.1. The number of halogens is 1. The zero-order valence-corrected chi connectivity index (χ0v) is 17.3. The number of para-hydroxylation sites is 1. The molecule has 1 aliphatic rings. The van der Waals surface area contributed by atoms with Crippen LogP contribution in [0.1, 0.15) is 25.3 Å². The Bertz CT molecular complexity index is 968. The summed E-state index contributed by atoms with van der Waals surface area (Å²) in [5, 5.41) is 6.40. The molecule has 0 unspecified atom stereocenters. The van der Waals surface area contributed by atoms with Gasteiger partial charge in [0.2, 0.25) is 0 Å². The van der Waals surface area contributed by atoms with Crippen molar-refractivity contribution in [1.82, 2.24) is 0 Å². The smallest absolute Gasteiger partial charge is 0.280 e. The molecule has 0 spiro atoms. The molecule has 1 heterocycles. The Hall–Kier alpha value is -3.05. The fraction of sp³-hybridized carbons (Fsp3) is 0.217. The molecule has 0 bridgehead atoms. The molecule has 2 aromatic carbocycles. The van der Waals surface area contributed by atoms with E-state index in [4.69, 9.17) is 21.1 Å². The van der Waals surface area contributed by atoms with Gasteiger partial charge in [0.05, 0.1) is 29.1 Å². The van der Waals surface area contributed by atoms with Crippen LogP contribution in [0.4, 0.5) is 5.69 Å². The molecule has 0 aromatic heterocycles. The summed E-state index contributed by atoms with van der Waals surface area (Å²) in [7, 11) is 1.55. The highest BCUT2D eigenvalue weighted by atomic mass is 35.5. The summed E-state index contributed by atoms with van der Waals surface area (Å²) < 4.78 is 11.0. The summed E-state index contributed by atoms with van der Waals surface area (Å²) in [5.74, 6) is 0.773. The van der Waals surface area contributed by atoms with Gasteiger partial charge in [-0.2, -0.15) is 10.1 Å². The summed E-state index contributed by atoms with van der Waals surface area (Å²) in [6.07, 6.45) is 5.01. The van der Waals surface area contributed by atoms with Gasteiger partial charge in [-0.25, -0.2) is 0 Å². The van der Waals surface area contributed by atoms with Gasteiger partial charge in [-0.3, -0.25) is 4.79 Å². The van der Waals surface area contributed by atoms with Crippen LogP contribution in [0.3, 0.4) is 0 Å². The largest absolute Gasteiger partial charge is 0.493 e. The molecule has 29 heavy (non-hydrogen) atoms. The number of amides is 1. The van der Waals surface area contributed by atoms with E-state index in [0.717, 1.165) is 23.4 Å². The van der Waals surface area contributed by atoms with Gasteiger partial charge in [-0.1, -0.05) is 55.8 Å². The number of rotatable bonds is 8. The molecule has 3 rings (SSSR count). The summed E-state index contributed by atoms with van der Waals surface area (Å²) in [4.78, 5) is 13.1. The Morgan fingerprint density at radius 1 is 1.24 bits per heavy atom. The number of hydrazone groups is 1. The number of carbonyl (C=O) groups is 1. The van der Waals surface area contributed by atoms with Crippen LogP contribution < -0.4 is 14.5 Å². The quantitative estimate of drug-likeness (QED) is 0.426. The standard InChI is InChI=1S/C23H23ClN2O3/c1-4-9-20-18(23(27)26(25-20)17-10-7-6-8-11-17)13-16-14-19(24)22(29-12-5-2)21(15-16)28-3/h5-8,10-11,13-15H,2,4,9,12H2,1,3H3. The van der Waals surface area contributed by atoms with Gasteiger partial charge in [0.25, 0.3) is 5.91 Å². The number of anilines is 1. The second kappa shape index (κ2) is 9.43. The van der Waals surface area contributed by atoms with Gasteiger partial charge in [-0.05, 0) is 42.3 Å². The maximum Gasteiger partial charge on any atom is 0.280 e. The van der Waals surface area contributed by atoms with E-state index in [9.17, 15) is 4.79 Å². The van der Waals surface area contributed by atoms with E-state index in [1.165, 1.54) is 5.01 Å². The molecule has 1 aliphatic heterocycles. The molecule has 1 amide bonds. The van der Waals surface area contributed by atoms with E-state index >= 15 is 0 Å². The minimum Gasteiger partial charge on any atom is -0.493 e. The van der Waals surface area contributed by atoms with Crippen molar-refractivity contribution in [2.45, 2.75) is 19.8 Å². The third-order valence-corrected chi connectivity index (χ3v) is 4.63. The number of methoxy groups -OCH3 is 1. The lowest BCUT2D eigenvalue weighted by molar-refractivity contribution is -0.114. The number of hydrogen-bond acceptors (Lipinski definition) is 4. The van der Waals surface area contributed by atoms with Crippen molar-refractivity contribution in [3.05, 3.63) is 71.3 Å². The number of benzene rings is 2. The first-order valence-electron chi connectivity index (χ1n) is 9.39. The van der Waals surface area contributed by atoms with Gasteiger partial charge in [0.1, 0.15) is 6.61 Å². The Morgan fingerprint density at radius 2 is 2.00 bits per heavy atom. The van der Waals surface area contributed by atoms with Crippen molar-refractivity contribution in [1.29, 1.82) is 0 Å². The summed E-state index contributed by atoms with van der Waals surface area (Å²) in [5.41, 5.74) is 2.77. The number of nitrogens with zero attached hydrogens (tertiary/aromatic N) is 2. The number of ether oxygens (including phenoxy) is 2. The molecule has 0 N–H and O–H groups in total. The van der Waals surface area contributed by atoms with Crippen molar-refractivity contribution in [3.8, 4) is 11.5 Å². The normalized spacial score (nSPS) is 14.9. The molecular formula is C23H23ClN2O3. The third kappa shape index (κ3) is 4.51. The lowest BCUT2D eigenvalue weighted by Gasteiger charge is -2.13. The second-order valence-corrected chi connectivity index (χ2v) is 6.85. The number of carbonyl (C=O) groups excluding carboxylic acids is 1. The van der Waals surface area contributed by atoms with Crippen LogP contribution in [0.2, 0.25) is 5.02 Å². The average molecular weight is 411 g/mol. The van der Waals surface area contributed by atoms with Crippen LogP contribution in [0.25, 0.3) is 6.08 Å². The maximum atomic E-state index is 13.1. The third-order valence-electron chi connectivity index (χ3n) is 4.35. The fourth-order valence-electron chi connectivity index (χ4n) is 3.04. The molecule has 5 nitrogen and oxygen atoms in total. The van der Waals surface area contributed by atoms with Crippen molar-refractivity contribution in [3.63, 3.8) is 0 Å². The van der Waals surface area contributed by atoms with Crippen LogP contribution in [0, 0.1) is 0 Å². The topological polar surface area (TPSA) is 51.1 Å². The summed E-state index contributed by atoms with van der Waals surface area (Å²) >= 11 is 6.40. The van der Waals surface area contributed by atoms with E-state index in [0.29, 0.717) is 35.1 Å². The molecule has 150 valence electrons. The van der Waals surface area contributed by atoms with Crippen molar-refractivity contribution in [2.75, 3.05) is 18.7 Å². The van der Waals surface area contributed by atoms with Gasteiger partial charge < -0.3 is 9.47 Å². The Labute approximate surface area is 175 Å². The van der Waals surface area contributed by atoms with E-state index < -0.39 is 0 Å². The fourth-order valence-corrected chi connectivity index (χ4v) is 3.31. The van der Waals surface area contributed by atoms with Crippen molar-refractivity contribution in [2.24, 2.45) is 5.10 Å². The SMILES string of the molecule is C=CCOc1c(Cl)cc(C=C2C(=O)N(c3ccccc3)N=C2CCC)cc1OC. The van der Waals surface area contributed by atoms with Crippen molar-refractivity contribution < 1.29 is 14.3 Å². The first kappa shape index (κ1) is 20.7. The molecule has 6 heteroatoms. The van der Waals surface area contributed by atoms with Crippen LogP contribution in [0.5, 0.6) is 11.5 Å². The molecule has 0 aliphatic carbocycles. The highest BCUT2D eigenvalue weighted by Crippen LogP contribution is 2.37. The second-order valence-electron chi connectivity index (χ2n) is 6.44. The van der Waals surface area contributed by atoms with E-state index in [1.807, 2.05) is 30.3 Å². The molecule has 0 radical (unpaired) electrons. The first-order chi connectivity index (χ1) is 14.1. The number of hydrogen-bond donors (Lipinski definition) is 0. The molecule has 0 saturated heterocycles. The predicted molar refractivity (Wildman–Crippen MR) is 118 cm³/mol. The summed E-state index contributed by atoms with van der Waals surface area (Å²) in [6.45, 7) is 6.01. The minimum atomic E-state index is -0.165. The van der Waals surface area contributed by atoms with Gasteiger partial charge >= 0.3 is 0 Å². The summed E-state index contributed by atoms with van der Waals surface area (Å²) in [6, 6.07) is 12.9. The highest BCUT2D eigenvalue weighted by molar-refractivity contribution is 6.34. The molecule has 0 atom stereocenters. The van der Waals surface area contributed by atoms with Gasteiger partial charge in [0, 0.05) is 0 Å². The van der Waals surface area contributed by atoms with Crippen molar-refractivity contribution >= 4 is 35.0 Å². The van der Waals surface area contributed by atoms with Gasteiger partial charge in [-0.15, -0.1) is 0 Å². The molecule has 0 saturated carbocycles. The zero-order chi connectivity index (χ0) is 20.8. The van der Waals surface area contributed by atoms with E-state index in [2.05, 4.69) is 18.6 Å². The van der Waals surface area contributed by atoms with Crippen LogP contribution in [-0.2, 0) is 4.79 Å². The highest BCUT2D eigenvalue weighted by Gasteiger charge is 2.30. The van der Waals surface area contributed by atoms with Gasteiger partial charge in [0.15, 0.2) is 11.5 Å². The lowest BCUT2D eigenvalue weighted by Crippen LogP contribution is -2.21. The molecular weight excluding hydrogens is 388 g/mol. The Balaban J connectivity index is 2.00. The monoisotopic (exact) mass is 410 g/mol. The molecule has 0 fully saturated rings. The van der Waals surface area contributed by atoms with Crippen LogP contribution >= 0.6 is 11.6 Å². The lowest BCUT2D eigenvalue weighted by atomic mass is 10.0. The predicted octanol–water partition coefficient (Wildman–Crippen LogP) is 5.50. The Kier molecular flexibility index (Phi) is 6.73.